The lowest BCUT2D eigenvalue weighted by Gasteiger charge is -2.32. The minimum absolute atomic E-state index is 0.0608. The molecule has 0 spiro atoms. The molecule has 40 heavy (non-hydrogen) atoms. The summed E-state index contributed by atoms with van der Waals surface area (Å²) in [5, 5.41) is 2.75. The van der Waals surface area contributed by atoms with Gasteiger partial charge in [-0.25, -0.2) is 4.39 Å². The van der Waals surface area contributed by atoms with Gasteiger partial charge in [0.1, 0.15) is 18.2 Å². The van der Waals surface area contributed by atoms with Crippen molar-refractivity contribution in [2.75, 3.05) is 19.6 Å². The number of nitrogens with zero attached hydrogens (tertiary/aromatic N) is 2. The largest absolute Gasteiger partial charge is 0.488 e. The van der Waals surface area contributed by atoms with Crippen LogP contribution in [0.15, 0.2) is 66.7 Å². The van der Waals surface area contributed by atoms with Crippen LogP contribution in [0.3, 0.4) is 0 Å². The van der Waals surface area contributed by atoms with Crippen molar-refractivity contribution in [1.29, 1.82) is 0 Å². The molecule has 1 atom stereocenters. The van der Waals surface area contributed by atoms with Gasteiger partial charge in [-0.1, -0.05) is 42.5 Å². The van der Waals surface area contributed by atoms with Crippen LogP contribution >= 0.6 is 0 Å². The van der Waals surface area contributed by atoms with Gasteiger partial charge < -0.3 is 10.1 Å². The van der Waals surface area contributed by atoms with Crippen LogP contribution in [0, 0.1) is 5.82 Å². The number of benzene rings is 3. The quantitative estimate of drug-likeness (QED) is 0.441. The third kappa shape index (κ3) is 5.36. The van der Waals surface area contributed by atoms with E-state index in [1.807, 2.05) is 24.3 Å². The maximum Gasteiger partial charge on any atom is 0.265 e. The fraction of sp³-hybridized carbons (Fsp3) is 0.344. The predicted octanol–water partition coefficient (Wildman–Crippen LogP) is 4.66. The first-order valence-corrected chi connectivity index (χ1v) is 13.9. The molecule has 0 aliphatic carbocycles. The Balaban J connectivity index is 1.04. The number of nitrogens with one attached hydrogen (secondary N) is 1. The van der Waals surface area contributed by atoms with E-state index in [4.69, 9.17) is 4.74 Å². The second-order valence-corrected chi connectivity index (χ2v) is 10.9. The number of imide groups is 1. The Kier molecular flexibility index (Phi) is 7.34. The van der Waals surface area contributed by atoms with E-state index in [1.54, 1.807) is 30.3 Å². The van der Waals surface area contributed by atoms with Gasteiger partial charge in [0.25, 0.3) is 11.8 Å². The SMILES string of the molecule is O=C1CCC(N2C(=O)c3cccc(OCc4ccc(CN5CCC(c6ccc(F)cc6)CC5)cc4)c3C2=O)CN1. The lowest BCUT2D eigenvalue weighted by atomic mass is 9.89. The number of rotatable bonds is 7. The van der Waals surface area contributed by atoms with E-state index in [1.165, 1.54) is 16.0 Å². The van der Waals surface area contributed by atoms with Crippen molar-refractivity contribution in [3.05, 3.63) is 100 Å². The molecular formula is C32H32FN3O4. The molecule has 7 nitrogen and oxygen atoms in total. The van der Waals surface area contributed by atoms with E-state index in [-0.39, 0.29) is 42.7 Å². The predicted molar refractivity (Wildman–Crippen MR) is 147 cm³/mol. The normalized spacial score (nSPS) is 20.0. The molecule has 3 aliphatic heterocycles. The lowest BCUT2D eigenvalue weighted by Crippen LogP contribution is -2.50. The summed E-state index contributed by atoms with van der Waals surface area (Å²) in [5.41, 5.74) is 4.05. The highest BCUT2D eigenvalue weighted by Crippen LogP contribution is 2.34. The molecule has 0 bridgehead atoms. The second-order valence-electron chi connectivity index (χ2n) is 10.9. The zero-order valence-electron chi connectivity index (χ0n) is 22.3. The molecule has 3 heterocycles. The van der Waals surface area contributed by atoms with Gasteiger partial charge in [-0.2, -0.15) is 0 Å². The van der Waals surface area contributed by atoms with Gasteiger partial charge in [-0.15, -0.1) is 0 Å². The Morgan fingerprint density at radius 1 is 0.850 bits per heavy atom. The highest BCUT2D eigenvalue weighted by molar-refractivity contribution is 6.22. The Bertz CT molecular complexity index is 1410. The summed E-state index contributed by atoms with van der Waals surface area (Å²) < 4.78 is 19.3. The number of carbonyl (C=O) groups is 3. The van der Waals surface area contributed by atoms with E-state index in [0.717, 1.165) is 38.0 Å². The van der Waals surface area contributed by atoms with E-state index in [2.05, 4.69) is 22.3 Å². The molecule has 1 N–H and O–H groups in total. The molecule has 0 saturated carbocycles. The van der Waals surface area contributed by atoms with Crippen molar-refractivity contribution in [2.45, 2.75) is 50.8 Å². The minimum atomic E-state index is -0.365. The van der Waals surface area contributed by atoms with Crippen LogP contribution in [0.5, 0.6) is 5.75 Å². The highest BCUT2D eigenvalue weighted by Gasteiger charge is 2.42. The number of amides is 3. The molecule has 2 fully saturated rings. The van der Waals surface area contributed by atoms with Crippen molar-refractivity contribution in [1.82, 2.24) is 15.1 Å². The van der Waals surface area contributed by atoms with Crippen molar-refractivity contribution in [2.24, 2.45) is 0 Å². The van der Waals surface area contributed by atoms with E-state index >= 15 is 0 Å². The van der Waals surface area contributed by atoms with Gasteiger partial charge >= 0.3 is 0 Å². The van der Waals surface area contributed by atoms with Gasteiger partial charge in [0.05, 0.1) is 17.2 Å². The summed E-state index contributed by atoms with van der Waals surface area (Å²) in [5.74, 6) is -0.0767. The van der Waals surface area contributed by atoms with Crippen molar-refractivity contribution >= 4 is 17.7 Å². The summed E-state index contributed by atoms with van der Waals surface area (Å²) >= 11 is 0. The van der Waals surface area contributed by atoms with E-state index in [0.29, 0.717) is 35.6 Å². The smallest absolute Gasteiger partial charge is 0.265 e. The second kappa shape index (κ2) is 11.2. The summed E-state index contributed by atoms with van der Waals surface area (Å²) in [7, 11) is 0. The zero-order valence-corrected chi connectivity index (χ0v) is 22.3. The van der Waals surface area contributed by atoms with Crippen LogP contribution in [-0.2, 0) is 17.9 Å². The summed E-state index contributed by atoms with van der Waals surface area (Å²) in [6.45, 7) is 3.43. The van der Waals surface area contributed by atoms with Crippen LogP contribution in [-0.4, -0.2) is 53.2 Å². The van der Waals surface area contributed by atoms with E-state index < -0.39 is 0 Å². The lowest BCUT2D eigenvalue weighted by molar-refractivity contribution is -0.123. The number of hydrogen-bond acceptors (Lipinski definition) is 5. The third-order valence-electron chi connectivity index (χ3n) is 8.27. The van der Waals surface area contributed by atoms with Gasteiger partial charge in [0, 0.05) is 19.5 Å². The average Bonchev–Trinajstić information content (AvgIpc) is 3.24. The van der Waals surface area contributed by atoms with Crippen LogP contribution in [0.1, 0.15) is 69.0 Å². The first kappa shape index (κ1) is 26.2. The Morgan fingerprint density at radius 2 is 1.57 bits per heavy atom. The first-order valence-electron chi connectivity index (χ1n) is 13.9. The molecule has 3 aromatic rings. The summed E-state index contributed by atoms with van der Waals surface area (Å²) in [6, 6.07) is 19.9. The number of carbonyl (C=O) groups excluding carboxylic acids is 3. The third-order valence-corrected chi connectivity index (χ3v) is 8.27. The van der Waals surface area contributed by atoms with Crippen molar-refractivity contribution in [3.8, 4) is 5.75 Å². The molecule has 3 aromatic carbocycles. The molecular weight excluding hydrogens is 509 g/mol. The molecule has 2 saturated heterocycles. The number of halogens is 1. The van der Waals surface area contributed by atoms with Gasteiger partial charge in [0.15, 0.2) is 0 Å². The highest BCUT2D eigenvalue weighted by atomic mass is 19.1. The maximum absolute atomic E-state index is 13.3. The van der Waals surface area contributed by atoms with Gasteiger partial charge in [-0.05, 0) is 79.2 Å². The molecule has 0 aromatic heterocycles. The number of ether oxygens (including phenoxy) is 1. The molecule has 3 amide bonds. The number of hydrogen-bond donors (Lipinski definition) is 1. The Morgan fingerprint density at radius 3 is 2.27 bits per heavy atom. The number of fused-ring (bicyclic) bond motifs is 1. The van der Waals surface area contributed by atoms with Crippen LogP contribution in [0.25, 0.3) is 0 Å². The van der Waals surface area contributed by atoms with Crippen LogP contribution in [0.4, 0.5) is 4.39 Å². The monoisotopic (exact) mass is 541 g/mol. The molecule has 6 rings (SSSR count). The molecule has 0 radical (unpaired) electrons. The van der Waals surface area contributed by atoms with Crippen molar-refractivity contribution < 1.29 is 23.5 Å². The number of likely N-dealkylation sites (tertiary alicyclic amines) is 1. The Hall–Kier alpha value is -4.04. The molecule has 3 aliphatic rings. The average molecular weight is 542 g/mol. The molecule has 8 heteroatoms. The van der Waals surface area contributed by atoms with Crippen molar-refractivity contribution in [3.63, 3.8) is 0 Å². The van der Waals surface area contributed by atoms with Crippen LogP contribution < -0.4 is 10.1 Å². The topological polar surface area (TPSA) is 79.0 Å². The van der Waals surface area contributed by atoms with Crippen LogP contribution in [0.2, 0.25) is 0 Å². The number of piperidine rings is 2. The molecule has 1 unspecified atom stereocenters. The fourth-order valence-corrected chi connectivity index (χ4v) is 5.98. The van der Waals surface area contributed by atoms with Gasteiger partial charge in [0.2, 0.25) is 5.91 Å². The summed E-state index contributed by atoms with van der Waals surface area (Å²) in [6.07, 6.45) is 2.89. The first-order chi connectivity index (χ1) is 19.5. The maximum atomic E-state index is 13.3. The molecule has 206 valence electrons. The van der Waals surface area contributed by atoms with Gasteiger partial charge in [-0.3, -0.25) is 24.2 Å². The Labute approximate surface area is 232 Å². The zero-order chi connectivity index (χ0) is 27.6. The standard InChI is InChI=1S/C32H32FN3O4/c33-25-10-8-23(9-11-25)24-14-16-35(17-15-24)19-21-4-6-22(7-5-21)20-40-28-3-1-2-27-30(28)32(39)36(31(27)38)26-12-13-29(37)34-18-26/h1-11,24,26H,12-20H2,(H,34,37). The fourth-order valence-electron chi connectivity index (χ4n) is 5.98. The summed E-state index contributed by atoms with van der Waals surface area (Å²) in [4.78, 5) is 41.6. The van der Waals surface area contributed by atoms with E-state index in [9.17, 15) is 18.8 Å². The minimum Gasteiger partial charge on any atom is -0.488 e.